The highest BCUT2D eigenvalue weighted by molar-refractivity contribution is 5.71. The van der Waals surface area contributed by atoms with Crippen LogP contribution in [0.3, 0.4) is 0 Å². The Morgan fingerprint density at radius 3 is 0.784 bits per heavy atom. The molecule has 0 bridgehead atoms. The lowest BCUT2D eigenvalue weighted by Gasteiger charge is -2.18. The molecule has 51 heavy (non-hydrogen) atoms. The normalized spacial score (nSPS) is 11.8. The van der Waals surface area contributed by atoms with E-state index < -0.39 is 6.10 Å². The third-order valence-electron chi connectivity index (χ3n) is 10.1. The van der Waals surface area contributed by atoms with Crippen LogP contribution in [0.5, 0.6) is 0 Å². The molecule has 0 fully saturated rings. The SMILES string of the molecule is CCCCCCCCCCCCCCCC(=O)OCC(COC(=O)CCCCCCCCCCCC)OC(=O)CCCCCCCCCCCC. The largest absolute Gasteiger partial charge is 0.462 e. The van der Waals surface area contributed by atoms with Crippen molar-refractivity contribution in [3.63, 3.8) is 0 Å². The van der Waals surface area contributed by atoms with Gasteiger partial charge in [0.1, 0.15) is 13.2 Å². The molecule has 0 aromatic rings. The van der Waals surface area contributed by atoms with E-state index in [1.165, 1.54) is 154 Å². The van der Waals surface area contributed by atoms with Gasteiger partial charge in [-0.2, -0.15) is 0 Å². The highest BCUT2D eigenvalue weighted by Crippen LogP contribution is 2.15. The molecule has 0 saturated heterocycles. The number of carbonyl (C=O) groups is 3. The second-order valence-corrected chi connectivity index (χ2v) is 15.3. The van der Waals surface area contributed by atoms with Crippen LogP contribution in [0.4, 0.5) is 0 Å². The van der Waals surface area contributed by atoms with Crippen molar-refractivity contribution >= 4 is 17.9 Å². The van der Waals surface area contributed by atoms with Crippen LogP contribution in [-0.4, -0.2) is 37.2 Å². The van der Waals surface area contributed by atoms with Crippen molar-refractivity contribution < 1.29 is 28.6 Å². The van der Waals surface area contributed by atoms with Crippen molar-refractivity contribution in [1.29, 1.82) is 0 Å². The van der Waals surface area contributed by atoms with E-state index in [0.717, 1.165) is 57.8 Å². The van der Waals surface area contributed by atoms with Crippen molar-refractivity contribution in [3.05, 3.63) is 0 Å². The molecule has 0 rings (SSSR count). The van der Waals surface area contributed by atoms with Crippen LogP contribution in [0.25, 0.3) is 0 Å². The summed E-state index contributed by atoms with van der Waals surface area (Å²) in [7, 11) is 0. The second-order valence-electron chi connectivity index (χ2n) is 15.3. The van der Waals surface area contributed by atoms with E-state index in [4.69, 9.17) is 14.2 Å². The molecule has 0 saturated carbocycles. The Morgan fingerprint density at radius 1 is 0.314 bits per heavy atom. The molecule has 1 unspecified atom stereocenters. The van der Waals surface area contributed by atoms with E-state index >= 15 is 0 Å². The number of rotatable bonds is 41. The standard InChI is InChI=1S/C45H86O6/c1-4-7-10-13-16-19-22-23-24-27-29-32-35-38-44(47)50-41-42(51-45(48)39-36-33-30-26-21-18-15-12-9-6-3)40-49-43(46)37-34-31-28-25-20-17-14-11-8-5-2/h42H,4-41H2,1-3H3. The molecular weight excluding hydrogens is 636 g/mol. The summed E-state index contributed by atoms with van der Waals surface area (Å²) in [6, 6.07) is 0. The van der Waals surface area contributed by atoms with Crippen LogP contribution in [0, 0.1) is 0 Å². The second kappa shape index (κ2) is 41.2. The van der Waals surface area contributed by atoms with E-state index in [2.05, 4.69) is 20.8 Å². The predicted octanol–water partition coefficient (Wildman–Crippen LogP) is 14.1. The highest BCUT2D eigenvalue weighted by atomic mass is 16.6. The molecule has 1 atom stereocenters. The van der Waals surface area contributed by atoms with Gasteiger partial charge >= 0.3 is 17.9 Å². The number of ether oxygens (including phenoxy) is 3. The van der Waals surface area contributed by atoms with Crippen LogP contribution in [-0.2, 0) is 28.6 Å². The lowest BCUT2D eigenvalue weighted by atomic mass is 10.0. The summed E-state index contributed by atoms with van der Waals surface area (Å²) in [5, 5.41) is 0. The molecular formula is C45H86O6. The van der Waals surface area contributed by atoms with E-state index in [1.807, 2.05) is 0 Å². The third-order valence-corrected chi connectivity index (χ3v) is 10.1. The van der Waals surface area contributed by atoms with E-state index in [0.29, 0.717) is 19.3 Å². The van der Waals surface area contributed by atoms with Gasteiger partial charge in [0.25, 0.3) is 0 Å². The maximum Gasteiger partial charge on any atom is 0.306 e. The van der Waals surface area contributed by atoms with Crippen LogP contribution in [0.15, 0.2) is 0 Å². The van der Waals surface area contributed by atoms with Gasteiger partial charge in [0.15, 0.2) is 6.10 Å². The molecule has 0 aliphatic heterocycles. The van der Waals surface area contributed by atoms with Crippen molar-refractivity contribution in [2.75, 3.05) is 13.2 Å². The van der Waals surface area contributed by atoms with Crippen molar-refractivity contribution in [3.8, 4) is 0 Å². The fraction of sp³-hybridized carbons (Fsp3) is 0.933. The zero-order chi connectivity index (χ0) is 37.3. The Bertz CT molecular complexity index is 753. The lowest BCUT2D eigenvalue weighted by molar-refractivity contribution is -0.167. The number of esters is 3. The van der Waals surface area contributed by atoms with Gasteiger partial charge < -0.3 is 14.2 Å². The van der Waals surface area contributed by atoms with Gasteiger partial charge in [0.05, 0.1) is 0 Å². The predicted molar refractivity (Wildman–Crippen MR) is 215 cm³/mol. The Labute approximate surface area is 317 Å². The summed E-state index contributed by atoms with van der Waals surface area (Å²) in [4.78, 5) is 37.6. The van der Waals surface area contributed by atoms with Crippen LogP contribution >= 0.6 is 0 Å². The zero-order valence-electron chi connectivity index (χ0n) is 34.4. The van der Waals surface area contributed by atoms with Crippen molar-refractivity contribution in [2.24, 2.45) is 0 Å². The van der Waals surface area contributed by atoms with Crippen molar-refractivity contribution in [2.45, 2.75) is 258 Å². The van der Waals surface area contributed by atoms with Gasteiger partial charge in [0, 0.05) is 19.3 Å². The maximum absolute atomic E-state index is 12.7. The molecule has 0 aromatic carbocycles. The molecule has 6 heteroatoms. The first-order chi connectivity index (χ1) is 25.0. The van der Waals surface area contributed by atoms with E-state index in [1.54, 1.807) is 0 Å². The fourth-order valence-corrected chi connectivity index (χ4v) is 6.68. The third kappa shape index (κ3) is 39.5. The monoisotopic (exact) mass is 723 g/mol. The van der Waals surface area contributed by atoms with Crippen LogP contribution in [0.2, 0.25) is 0 Å². The molecule has 0 amide bonds. The Balaban J connectivity index is 4.30. The molecule has 0 spiro atoms. The number of hydrogen-bond acceptors (Lipinski definition) is 6. The van der Waals surface area contributed by atoms with Gasteiger partial charge in [-0.1, -0.05) is 213 Å². The molecule has 0 radical (unpaired) electrons. The summed E-state index contributed by atoms with van der Waals surface area (Å²) in [5.41, 5.74) is 0. The summed E-state index contributed by atoms with van der Waals surface area (Å²) in [6.07, 6.45) is 40.8. The van der Waals surface area contributed by atoms with Crippen LogP contribution < -0.4 is 0 Å². The summed E-state index contributed by atoms with van der Waals surface area (Å²) < 4.78 is 16.7. The number of unbranched alkanes of at least 4 members (excludes halogenated alkanes) is 30. The average molecular weight is 723 g/mol. The minimum absolute atomic E-state index is 0.0629. The van der Waals surface area contributed by atoms with Gasteiger partial charge in [0.2, 0.25) is 0 Å². The quantitative estimate of drug-likeness (QED) is 0.0355. The first-order valence-corrected chi connectivity index (χ1v) is 22.5. The molecule has 0 aliphatic carbocycles. The Kier molecular flexibility index (Phi) is 39.9. The fourth-order valence-electron chi connectivity index (χ4n) is 6.68. The van der Waals surface area contributed by atoms with E-state index in [9.17, 15) is 14.4 Å². The van der Waals surface area contributed by atoms with Gasteiger partial charge in [-0.05, 0) is 19.3 Å². The Morgan fingerprint density at radius 2 is 0.529 bits per heavy atom. The lowest BCUT2D eigenvalue weighted by Crippen LogP contribution is -2.30. The topological polar surface area (TPSA) is 78.9 Å². The summed E-state index contributed by atoms with van der Waals surface area (Å²) >= 11 is 0. The maximum atomic E-state index is 12.7. The van der Waals surface area contributed by atoms with Crippen LogP contribution in [0.1, 0.15) is 252 Å². The van der Waals surface area contributed by atoms with Crippen molar-refractivity contribution in [1.82, 2.24) is 0 Å². The molecule has 0 heterocycles. The molecule has 0 N–H and O–H groups in total. The summed E-state index contributed by atoms with van der Waals surface area (Å²) in [6.45, 7) is 6.63. The molecule has 6 nitrogen and oxygen atoms in total. The first-order valence-electron chi connectivity index (χ1n) is 22.5. The number of hydrogen-bond donors (Lipinski definition) is 0. The van der Waals surface area contributed by atoms with Gasteiger partial charge in [-0.15, -0.1) is 0 Å². The minimum Gasteiger partial charge on any atom is -0.462 e. The molecule has 302 valence electrons. The minimum atomic E-state index is -0.757. The molecule has 0 aliphatic rings. The Hall–Kier alpha value is -1.59. The highest BCUT2D eigenvalue weighted by Gasteiger charge is 2.19. The first kappa shape index (κ1) is 49.4. The zero-order valence-corrected chi connectivity index (χ0v) is 34.4. The smallest absolute Gasteiger partial charge is 0.306 e. The van der Waals surface area contributed by atoms with E-state index in [-0.39, 0.29) is 31.1 Å². The molecule has 0 aromatic heterocycles. The number of carbonyl (C=O) groups excluding carboxylic acids is 3. The average Bonchev–Trinajstić information content (AvgIpc) is 3.12. The summed E-state index contributed by atoms with van der Waals surface area (Å²) in [5.74, 6) is -0.855. The van der Waals surface area contributed by atoms with Gasteiger partial charge in [-0.25, -0.2) is 0 Å². The van der Waals surface area contributed by atoms with Gasteiger partial charge in [-0.3, -0.25) is 14.4 Å².